The Hall–Kier alpha value is -0.980. The number of thiocarbonyl (C=S) groups is 1. The van der Waals surface area contributed by atoms with Crippen molar-refractivity contribution >= 4 is 27.0 Å². The van der Waals surface area contributed by atoms with Gasteiger partial charge in [0.2, 0.25) is 0 Å². The molecule has 0 unspecified atom stereocenters. The van der Waals surface area contributed by atoms with Gasteiger partial charge in [-0.05, 0) is 11.6 Å². The Bertz CT molecular complexity index is 541. The van der Waals surface area contributed by atoms with Crippen molar-refractivity contribution in [1.82, 2.24) is 4.90 Å². The minimum atomic E-state index is -2.81. The molecule has 1 fully saturated rings. The van der Waals surface area contributed by atoms with E-state index in [4.69, 9.17) is 18.0 Å². The number of sulfone groups is 1. The zero-order valence-corrected chi connectivity index (χ0v) is 11.6. The fourth-order valence-electron chi connectivity index (χ4n) is 1.99. The average Bonchev–Trinajstić information content (AvgIpc) is 2.32. The van der Waals surface area contributed by atoms with Crippen LogP contribution in [0.5, 0.6) is 0 Å². The van der Waals surface area contributed by atoms with Gasteiger partial charge in [0, 0.05) is 25.2 Å². The SMILES string of the molecule is NC(=S)c1cccc(CN2CCS(=O)(=O)CC2)c1. The van der Waals surface area contributed by atoms with Crippen LogP contribution >= 0.6 is 12.2 Å². The number of hydrogen-bond acceptors (Lipinski definition) is 4. The van der Waals surface area contributed by atoms with Gasteiger partial charge < -0.3 is 5.73 Å². The van der Waals surface area contributed by atoms with Gasteiger partial charge in [-0.2, -0.15) is 0 Å². The normalized spacial score (nSPS) is 19.6. The van der Waals surface area contributed by atoms with Crippen LogP contribution in [-0.4, -0.2) is 42.9 Å². The van der Waals surface area contributed by atoms with Gasteiger partial charge in [0.15, 0.2) is 9.84 Å². The third-order valence-electron chi connectivity index (χ3n) is 3.05. The van der Waals surface area contributed by atoms with Crippen LogP contribution in [0.1, 0.15) is 11.1 Å². The van der Waals surface area contributed by atoms with E-state index < -0.39 is 9.84 Å². The van der Waals surface area contributed by atoms with Crippen LogP contribution in [0.3, 0.4) is 0 Å². The summed E-state index contributed by atoms with van der Waals surface area (Å²) in [5, 5.41) is 0. The number of hydrogen-bond donors (Lipinski definition) is 1. The molecular weight excluding hydrogens is 268 g/mol. The van der Waals surface area contributed by atoms with E-state index in [1.807, 2.05) is 24.3 Å². The number of nitrogens with zero attached hydrogens (tertiary/aromatic N) is 1. The second-order valence-corrected chi connectivity index (χ2v) is 7.24. The molecule has 6 heteroatoms. The maximum atomic E-state index is 11.3. The quantitative estimate of drug-likeness (QED) is 0.821. The predicted molar refractivity (Wildman–Crippen MR) is 76.3 cm³/mol. The first-order chi connectivity index (χ1) is 8.46. The number of benzene rings is 1. The van der Waals surface area contributed by atoms with E-state index in [1.54, 1.807) is 0 Å². The van der Waals surface area contributed by atoms with E-state index in [9.17, 15) is 8.42 Å². The van der Waals surface area contributed by atoms with Gasteiger partial charge in [-0.15, -0.1) is 0 Å². The summed E-state index contributed by atoms with van der Waals surface area (Å²) < 4.78 is 22.7. The molecule has 0 aromatic heterocycles. The third-order valence-corrected chi connectivity index (χ3v) is 4.90. The van der Waals surface area contributed by atoms with Gasteiger partial charge in [0.05, 0.1) is 11.5 Å². The molecule has 18 heavy (non-hydrogen) atoms. The maximum Gasteiger partial charge on any atom is 0.152 e. The zero-order chi connectivity index (χ0) is 13.2. The molecule has 0 radical (unpaired) electrons. The van der Waals surface area contributed by atoms with Crippen LogP contribution in [0.15, 0.2) is 24.3 Å². The highest BCUT2D eigenvalue weighted by Crippen LogP contribution is 2.11. The van der Waals surface area contributed by atoms with Crippen LogP contribution in [0.2, 0.25) is 0 Å². The van der Waals surface area contributed by atoms with Crippen LogP contribution < -0.4 is 5.73 Å². The third kappa shape index (κ3) is 3.51. The molecule has 0 bridgehead atoms. The van der Waals surface area contributed by atoms with Crippen molar-refractivity contribution < 1.29 is 8.42 Å². The fourth-order valence-corrected chi connectivity index (χ4v) is 3.39. The highest BCUT2D eigenvalue weighted by molar-refractivity contribution is 7.91. The fraction of sp³-hybridized carbons (Fsp3) is 0.417. The lowest BCUT2D eigenvalue weighted by atomic mass is 10.1. The van der Waals surface area contributed by atoms with Gasteiger partial charge in [0.1, 0.15) is 4.99 Å². The Morgan fingerprint density at radius 3 is 2.61 bits per heavy atom. The van der Waals surface area contributed by atoms with Crippen molar-refractivity contribution in [1.29, 1.82) is 0 Å². The van der Waals surface area contributed by atoms with Gasteiger partial charge in [-0.3, -0.25) is 4.90 Å². The van der Waals surface area contributed by atoms with E-state index in [0.717, 1.165) is 17.7 Å². The molecule has 2 rings (SSSR count). The lowest BCUT2D eigenvalue weighted by Crippen LogP contribution is -2.39. The molecule has 1 aromatic rings. The molecule has 2 N–H and O–H groups in total. The Balaban J connectivity index is 2.02. The summed E-state index contributed by atoms with van der Waals surface area (Å²) in [6.07, 6.45) is 0. The van der Waals surface area contributed by atoms with Crippen molar-refractivity contribution in [2.24, 2.45) is 5.73 Å². The molecule has 1 aliphatic heterocycles. The summed E-state index contributed by atoms with van der Waals surface area (Å²) in [4.78, 5) is 2.53. The zero-order valence-electron chi connectivity index (χ0n) is 10.0. The largest absolute Gasteiger partial charge is 0.389 e. The number of rotatable bonds is 3. The minimum absolute atomic E-state index is 0.252. The average molecular weight is 284 g/mol. The van der Waals surface area contributed by atoms with E-state index in [2.05, 4.69) is 4.90 Å². The Kier molecular flexibility index (Phi) is 3.99. The maximum absolute atomic E-state index is 11.3. The minimum Gasteiger partial charge on any atom is -0.389 e. The first-order valence-corrected chi connectivity index (χ1v) is 8.01. The van der Waals surface area contributed by atoms with Crippen LogP contribution in [-0.2, 0) is 16.4 Å². The van der Waals surface area contributed by atoms with E-state index >= 15 is 0 Å². The van der Waals surface area contributed by atoms with Gasteiger partial charge in [0.25, 0.3) is 0 Å². The molecule has 0 saturated carbocycles. The van der Waals surface area contributed by atoms with Gasteiger partial charge >= 0.3 is 0 Å². The molecule has 1 heterocycles. The highest BCUT2D eigenvalue weighted by atomic mass is 32.2. The first kappa shape index (κ1) is 13.5. The first-order valence-electron chi connectivity index (χ1n) is 5.78. The molecule has 0 atom stereocenters. The molecule has 98 valence electrons. The van der Waals surface area contributed by atoms with Crippen LogP contribution in [0.4, 0.5) is 0 Å². The van der Waals surface area contributed by atoms with Crippen molar-refractivity contribution in [3.63, 3.8) is 0 Å². The van der Waals surface area contributed by atoms with Gasteiger partial charge in [-0.1, -0.05) is 30.4 Å². The van der Waals surface area contributed by atoms with Crippen molar-refractivity contribution in [2.75, 3.05) is 24.6 Å². The summed E-state index contributed by atoms with van der Waals surface area (Å²) in [6.45, 7) is 1.94. The number of nitrogens with two attached hydrogens (primary N) is 1. The molecule has 1 aliphatic rings. The van der Waals surface area contributed by atoms with Crippen molar-refractivity contribution in [3.8, 4) is 0 Å². The predicted octanol–water partition coefficient (Wildman–Crippen LogP) is 0.551. The molecule has 1 aromatic carbocycles. The molecule has 0 spiro atoms. The molecule has 1 saturated heterocycles. The highest BCUT2D eigenvalue weighted by Gasteiger charge is 2.21. The Labute approximate surface area is 113 Å². The molecular formula is C12H16N2O2S2. The smallest absolute Gasteiger partial charge is 0.152 e. The van der Waals surface area contributed by atoms with Crippen molar-refractivity contribution in [2.45, 2.75) is 6.54 Å². The second-order valence-electron chi connectivity index (χ2n) is 4.49. The van der Waals surface area contributed by atoms with Gasteiger partial charge in [-0.25, -0.2) is 8.42 Å². The molecule has 4 nitrogen and oxygen atoms in total. The second kappa shape index (κ2) is 5.34. The molecule has 0 amide bonds. The van der Waals surface area contributed by atoms with E-state index in [0.29, 0.717) is 18.1 Å². The van der Waals surface area contributed by atoms with Crippen molar-refractivity contribution in [3.05, 3.63) is 35.4 Å². The standard InChI is InChI=1S/C12H16N2O2S2/c13-12(17)11-3-1-2-10(8-11)9-14-4-6-18(15,16)7-5-14/h1-3,8H,4-7,9H2,(H2,13,17). The topological polar surface area (TPSA) is 63.4 Å². The lowest BCUT2D eigenvalue weighted by Gasteiger charge is -2.26. The summed E-state index contributed by atoms with van der Waals surface area (Å²) in [5.74, 6) is 0.504. The molecule has 0 aliphatic carbocycles. The van der Waals surface area contributed by atoms with Crippen LogP contribution in [0, 0.1) is 0 Å². The van der Waals surface area contributed by atoms with E-state index in [1.165, 1.54) is 0 Å². The lowest BCUT2D eigenvalue weighted by molar-refractivity contribution is 0.287. The van der Waals surface area contributed by atoms with Crippen LogP contribution in [0.25, 0.3) is 0 Å². The Morgan fingerprint density at radius 2 is 2.00 bits per heavy atom. The summed E-state index contributed by atoms with van der Waals surface area (Å²) >= 11 is 4.94. The Morgan fingerprint density at radius 1 is 1.33 bits per heavy atom. The summed E-state index contributed by atoms with van der Waals surface area (Å²) in [5.41, 5.74) is 7.55. The summed E-state index contributed by atoms with van der Waals surface area (Å²) in [6, 6.07) is 7.77. The van der Waals surface area contributed by atoms with E-state index in [-0.39, 0.29) is 11.5 Å². The summed E-state index contributed by atoms with van der Waals surface area (Å²) in [7, 11) is -2.81. The monoisotopic (exact) mass is 284 g/mol.